The van der Waals surface area contributed by atoms with Crippen LogP contribution in [0.3, 0.4) is 0 Å². The summed E-state index contributed by atoms with van der Waals surface area (Å²) >= 11 is 4.55. The molecule has 1 atom stereocenters. The van der Waals surface area contributed by atoms with Crippen LogP contribution in [0.2, 0.25) is 0 Å². The van der Waals surface area contributed by atoms with Gasteiger partial charge in [0.25, 0.3) is 0 Å². The van der Waals surface area contributed by atoms with Crippen LogP contribution in [-0.2, 0) is 19.7 Å². The van der Waals surface area contributed by atoms with Crippen molar-refractivity contribution in [1.82, 2.24) is 0 Å². The molecule has 118 valence electrons. The molecular weight excluding hydrogens is 316 g/mol. The van der Waals surface area contributed by atoms with Gasteiger partial charge >= 0.3 is 0 Å². The summed E-state index contributed by atoms with van der Waals surface area (Å²) in [5.74, 6) is -0.315. The highest BCUT2D eigenvalue weighted by Crippen LogP contribution is 2.26. The standard InChI is InChI=1S/C13H24O4S3/c1-2-3-4-5-6-7-8-9-10-12-11-19(14,15)13(18)20(12,16)17/h12H,2-11H2,1H3. The molecule has 1 heterocycles. The zero-order valence-electron chi connectivity index (χ0n) is 12.0. The Balaban J connectivity index is 2.25. The Kier molecular flexibility index (Phi) is 7.08. The molecule has 0 bridgehead atoms. The molecule has 1 saturated heterocycles. The van der Waals surface area contributed by atoms with E-state index in [1.807, 2.05) is 0 Å². The third-order valence-electron chi connectivity index (χ3n) is 3.71. The lowest BCUT2D eigenvalue weighted by molar-refractivity contribution is 0.550. The first kappa shape index (κ1) is 18.0. The third kappa shape index (κ3) is 4.77. The molecule has 1 aliphatic rings. The van der Waals surface area contributed by atoms with Crippen LogP contribution >= 0.6 is 12.2 Å². The van der Waals surface area contributed by atoms with Crippen molar-refractivity contribution >= 4 is 35.4 Å². The zero-order chi connectivity index (χ0) is 15.2. The number of rotatable bonds is 9. The maximum absolute atomic E-state index is 11.8. The van der Waals surface area contributed by atoms with Gasteiger partial charge in [-0.3, -0.25) is 0 Å². The van der Waals surface area contributed by atoms with Crippen molar-refractivity contribution in [3.8, 4) is 0 Å². The molecular formula is C13H24O4S3. The molecule has 0 aliphatic carbocycles. The second-order valence-electron chi connectivity index (χ2n) is 5.46. The van der Waals surface area contributed by atoms with Crippen molar-refractivity contribution in [3.63, 3.8) is 0 Å². The van der Waals surface area contributed by atoms with E-state index in [9.17, 15) is 16.8 Å². The van der Waals surface area contributed by atoms with E-state index in [4.69, 9.17) is 0 Å². The number of unbranched alkanes of at least 4 members (excludes halogenated alkanes) is 7. The van der Waals surface area contributed by atoms with Crippen LogP contribution in [0.1, 0.15) is 64.7 Å². The van der Waals surface area contributed by atoms with Gasteiger partial charge in [-0.15, -0.1) is 0 Å². The summed E-state index contributed by atoms with van der Waals surface area (Å²) in [7, 11) is -7.43. The van der Waals surface area contributed by atoms with Gasteiger partial charge in [-0.05, 0) is 6.42 Å². The van der Waals surface area contributed by atoms with Crippen molar-refractivity contribution < 1.29 is 16.8 Å². The Morgan fingerprint density at radius 1 is 0.950 bits per heavy atom. The van der Waals surface area contributed by atoms with Crippen molar-refractivity contribution in [2.45, 2.75) is 70.0 Å². The minimum Gasteiger partial charge on any atom is -0.222 e. The predicted octanol–water partition coefficient (Wildman–Crippen LogP) is 3.01. The highest BCUT2D eigenvalue weighted by Gasteiger charge is 2.47. The van der Waals surface area contributed by atoms with E-state index in [-0.39, 0.29) is 5.75 Å². The fourth-order valence-electron chi connectivity index (χ4n) is 2.46. The van der Waals surface area contributed by atoms with E-state index in [0.717, 1.165) is 19.3 Å². The molecule has 0 radical (unpaired) electrons. The smallest absolute Gasteiger partial charge is 0.222 e. The van der Waals surface area contributed by atoms with Crippen LogP contribution in [0.15, 0.2) is 0 Å². The molecule has 7 heteroatoms. The summed E-state index contributed by atoms with van der Waals surface area (Å²) in [5, 5.41) is -0.805. The van der Waals surface area contributed by atoms with Gasteiger partial charge in [0.05, 0.1) is 11.0 Å². The molecule has 0 amide bonds. The number of thiocarbonyl (C=S) groups is 1. The molecule has 0 N–H and O–H groups in total. The molecule has 0 saturated carbocycles. The highest BCUT2D eigenvalue weighted by atomic mass is 32.3. The van der Waals surface area contributed by atoms with Crippen LogP contribution in [0.4, 0.5) is 0 Å². The first-order valence-electron chi connectivity index (χ1n) is 7.33. The van der Waals surface area contributed by atoms with E-state index < -0.39 is 28.5 Å². The summed E-state index contributed by atoms with van der Waals surface area (Å²) in [6.07, 6.45) is 9.40. The molecule has 20 heavy (non-hydrogen) atoms. The van der Waals surface area contributed by atoms with Crippen LogP contribution in [0.5, 0.6) is 0 Å². The summed E-state index contributed by atoms with van der Waals surface area (Å²) < 4.78 is 45.9. The maximum atomic E-state index is 11.8. The van der Waals surface area contributed by atoms with Gasteiger partial charge in [-0.2, -0.15) is 0 Å². The summed E-state index contributed by atoms with van der Waals surface area (Å²) in [6, 6.07) is 0. The molecule has 1 unspecified atom stereocenters. The normalized spacial score (nSPS) is 24.1. The van der Waals surface area contributed by atoms with Crippen molar-refractivity contribution in [2.75, 3.05) is 5.75 Å². The zero-order valence-corrected chi connectivity index (χ0v) is 14.5. The predicted molar refractivity (Wildman–Crippen MR) is 86.3 cm³/mol. The lowest BCUT2D eigenvalue weighted by atomic mass is 10.1. The number of sulfone groups is 2. The van der Waals surface area contributed by atoms with Crippen LogP contribution in [-0.4, -0.2) is 31.4 Å². The molecule has 0 spiro atoms. The fraction of sp³-hybridized carbons (Fsp3) is 0.923. The van der Waals surface area contributed by atoms with Gasteiger partial charge in [0, 0.05) is 0 Å². The SMILES string of the molecule is CCCCCCCCCCC1CS(=O)(=O)C(=S)S1(=O)=O. The molecule has 1 rings (SSSR count). The number of hydrogen-bond donors (Lipinski definition) is 0. The highest BCUT2D eigenvalue weighted by molar-refractivity contribution is 8.43. The average Bonchev–Trinajstić information content (AvgIpc) is 2.53. The molecule has 0 aromatic carbocycles. The molecule has 1 fully saturated rings. The molecule has 0 aromatic heterocycles. The van der Waals surface area contributed by atoms with E-state index in [1.54, 1.807) is 0 Å². The quantitative estimate of drug-likeness (QED) is 0.477. The summed E-state index contributed by atoms with van der Waals surface area (Å²) in [6.45, 7) is 2.18. The minimum atomic E-state index is -3.73. The number of hydrogen-bond acceptors (Lipinski definition) is 5. The van der Waals surface area contributed by atoms with E-state index >= 15 is 0 Å². The Labute approximate surface area is 128 Å². The molecule has 0 aromatic rings. The van der Waals surface area contributed by atoms with Crippen molar-refractivity contribution in [3.05, 3.63) is 0 Å². The monoisotopic (exact) mass is 340 g/mol. The van der Waals surface area contributed by atoms with Crippen molar-refractivity contribution in [2.24, 2.45) is 0 Å². The Morgan fingerprint density at radius 3 is 1.90 bits per heavy atom. The van der Waals surface area contributed by atoms with Gasteiger partial charge in [0.2, 0.25) is 23.2 Å². The second kappa shape index (κ2) is 7.84. The van der Waals surface area contributed by atoms with E-state index in [1.165, 1.54) is 32.1 Å². The van der Waals surface area contributed by atoms with Crippen LogP contribution in [0, 0.1) is 0 Å². The van der Waals surface area contributed by atoms with Gasteiger partial charge < -0.3 is 0 Å². The average molecular weight is 341 g/mol. The fourth-order valence-corrected chi connectivity index (χ4v) is 7.90. The van der Waals surface area contributed by atoms with Gasteiger partial charge in [-0.25, -0.2) is 16.8 Å². The largest absolute Gasteiger partial charge is 0.222 e. The van der Waals surface area contributed by atoms with Gasteiger partial charge in [0.1, 0.15) is 0 Å². The maximum Gasteiger partial charge on any atom is 0.222 e. The minimum absolute atomic E-state index is 0.315. The van der Waals surface area contributed by atoms with Crippen LogP contribution in [0.25, 0.3) is 0 Å². The first-order valence-corrected chi connectivity index (χ1v) is 10.9. The van der Waals surface area contributed by atoms with Gasteiger partial charge in [0.15, 0.2) is 0 Å². The third-order valence-corrected chi connectivity index (χ3v) is 9.93. The van der Waals surface area contributed by atoms with Gasteiger partial charge in [-0.1, -0.05) is 70.5 Å². The lowest BCUT2D eigenvalue weighted by Gasteiger charge is -2.06. The van der Waals surface area contributed by atoms with Crippen molar-refractivity contribution in [1.29, 1.82) is 0 Å². The first-order chi connectivity index (χ1) is 9.32. The summed E-state index contributed by atoms with van der Waals surface area (Å²) in [5.41, 5.74) is 0. The summed E-state index contributed by atoms with van der Waals surface area (Å²) in [4.78, 5) is 0. The molecule has 4 nitrogen and oxygen atoms in total. The Hall–Kier alpha value is -0.0100. The van der Waals surface area contributed by atoms with E-state index in [0.29, 0.717) is 6.42 Å². The second-order valence-corrected chi connectivity index (χ2v) is 10.8. The molecule has 1 aliphatic heterocycles. The lowest BCUT2D eigenvalue weighted by Crippen LogP contribution is -2.19. The Morgan fingerprint density at radius 2 is 1.45 bits per heavy atom. The topological polar surface area (TPSA) is 68.3 Å². The van der Waals surface area contributed by atoms with Crippen LogP contribution < -0.4 is 0 Å². The Bertz CT molecular complexity index is 520. The van der Waals surface area contributed by atoms with E-state index in [2.05, 4.69) is 19.1 Å².